The molecule has 112 valence electrons. The Kier molecular flexibility index (Phi) is 5.39. The standard InChI is InChI=1S/C16H19ClN2O2/c1-18-16(21)14-4-2-3-11-19(14)15(20)10-7-12-5-8-13(17)9-6-12/h5-10,14H,2-4,11H2,1H3,(H,18,21)/b10-7+. The van der Waals surface area contributed by atoms with E-state index >= 15 is 0 Å². The van der Waals surface area contributed by atoms with Crippen molar-refractivity contribution in [2.24, 2.45) is 0 Å². The molecule has 1 aromatic carbocycles. The molecular formula is C16H19ClN2O2. The second-order valence-electron chi connectivity index (χ2n) is 5.04. The van der Waals surface area contributed by atoms with Crippen LogP contribution in [0.4, 0.5) is 0 Å². The number of carbonyl (C=O) groups excluding carboxylic acids is 2. The summed E-state index contributed by atoms with van der Waals surface area (Å²) in [6.07, 6.45) is 5.90. The Morgan fingerprint density at radius 1 is 1.29 bits per heavy atom. The second kappa shape index (κ2) is 7.27. The van der Waals surface area contributed by atoms with E-state index in [1.807, 2.05) is 12.1 Å². The highest BCUT2D eigenvalue weighted by Crippen LogP contribution is 2.18. The fourth-order valence-corrected chi connectivity index (χ4v) is 2.60. The minimum absolute atomic E-state index is 0.0945. The van der Waals surface area contributed by atoms with Crippen molar-refractivity contribution in [3.05, 3.63) is 40.9 Å². The SMILES string of the molecule is CNC(=O)C1CCCCN1C(=O)/C=C/c1ccc(Cl)cc1. The average molecular weight is 307 g/mol. The van der Waals surface area contributed by atoms with Gasteiger partial charge in [-0.1, -0.05) is 23.7 Å². The summed E-state index contributed by atoms with van der Waals surface area (Å²) in [6.45, 7) is 0.627. The van der Waals surface area contributed by atoms with Crippen molar-refractivity contribution in [2.45, 2.75) is 25.3 Å². The third-order valence-electron chi connectivity index (χ3n) is 3.62. The third kappa shape index (κ3) is 4.08. The lowest BCUT2D eigenvalue weighted by atomic mass is 10.0. The predicted octanol–water partition coefficient (Wildman–Crippen LogP) is 2.48. The average Bonchev–Trinajstić information content (AvgIpc) is 2.53. The molecule has 0 aromatic heterocycles. The fourth-order valence-electron chi connectivity index (χ4n) is 2.47. The van der Waals surface area contributed by atoms with Crippen LogP contribution in [-0.2, 0) is 9.59 Å². The molecule has 0 radical (unpaired) electrons. The number of carbonyl (C=O) groups is 2. The zero-order chi connectivity index (χ0) is 15.2. The van der Waals surface area contributed by atoms with E-state index in [9.17, 15) is 9.59 Å². The van der Waals surface area contributed by atoms with Crippen LogP contribution in [0.25, 0.3) is 6.08 Å². The molecule has 2 rings (SSSR count). The van der Waals surface area contributed by atoms with Crippen LogP contribution in [0.15, 0.2) is 30.3 Å². The van der Waals surface area contributed by atoms with Gasteiger partial charge in [0.15, 0.2) is 0 Å². The summed E-state index contributed by atoms with van der Waals surface area (Å²) in [5, 5.41) is 3.29. The predicted molar refractivity (Wildman–Crippen MR) is 83.9 cm³/mol. The maximum Gasteiger partial charge on any atom is 0.247 e. The lowest BCUT2D eigenvalue weighted by molar-refractivity contribution is -0.138. The molecule has 1 heterocycles. The number of nitrogens with one attached hydrogen (secondary N) is 1. The molecule has 5 heteroatoms. The van der Waals surface area contributed by atoms with E-state index in [0.717, 1.165) is 24.8 Å². The maximum absolute atomic E-state index is 12.3. The number of amides is 2. The summed E-state index contributed by atoms with van der Waals surface area (Å²) in [7, 11) is 1.60. The van der Waals surface area contributed by atoms with Crippen molar-refractivity contribution in [1.29, 1.82) is 0 Å². The molecule has 2 amide bonds. The second-order valence-corrected chi connectivity index (χ2v) is 5.48. The van der Waals surface area contributed by atoms with Gasteiger partial charge in [-0.25, -0.2) is 0 Å². The van der Waals surface area contributed by atoms with Crippen molar-refractivity contribution >= 4 is 29.5 Å². The van der Waals surface area contributed by atoms with Gasteiger partial charge in [0.05, 0.1) is 0 Å². The largest absolute Gasteiger partial charge is 0.357 e. The Bertz CT molecular complexity index is 540. The molecule has 1 atom stereocenters. The molecule has 1 N–H and O–H groups in total. The van der Waals surface area contributed by atoms with Gasteiger partial charge >= 0.3 is 0 Å². The lowest BCUT2D eigenvalue weighted by Crippen LogP contribution is -2.50. The zero-order valence-electron chi connectivity index (χ0n) is 12.0. The monoisotopic (exact) mass is 306 g/mol. The molecule has 0 aliphatic carbocycles. The van der Waals surface area contributed by atoms with Gasteiger partial charge in [-0.05, 0) is 43.0 Å². The van der Waals surface area contributed by atoms with Gasteiger partial charge in [0.1, 0.15) is 6.04 Å². The molecule has 0 saturated carbocycles. The van der Waals surface area contributed by atoms with Crippen LogP contribution in [-0.4, -0.2) is 36.3 Å². The Balaban J connectivity index is 2.06. The summed E-state index contributed by atoms with van der Waals surface area (Å²) >= 11 is 5.82. The van der Waals surface area contributed by atoms with Crippen LogP contribution in [0.1, 0.15) is 24.8 Å². The number of benzene rings is 1. The van der Waals surface area contributed by atoms with Gasteiger partial charge in [0, 0.05) is 24.7 Å². The molecule has 1 aliphatic heterocycles. The molecule has 1 unspecified atom stereocenters. The Labute approximate surface area is 129 Å². The highest BCUT2D eigenvalue weighted by molar-refractivity contribution is 6.30. The molecule has 1 saturated heterocycles. The van der Waals surface area contributed by atoms with Crippen LogP contribution < -0.4 is 5.32 Å². The molecule has 21 heavy (non-hydrogen) atoms. The first-order chi connectivity index (χ1) is 10.1. The molecule has 1 aliphatic rings. The number of rotatable bonds is 3. The number of halogens is 1. The lowest BCUT2D eigenvalue weighted by Gasteiger charge is -2.33. The molecule has 1 fully saturated rings. The normalized spacial score (nSPS) is 18.8. The van der Waals surface area contributed by atoms with Gasteiger partial charge in [-0.3, -0.25) is 9.59 Å². The number of nitrogens with zero attached hydrogens (tertiary/aromatic N) is 1. The van der Waals surface area contributed by atoms with Crippen LogP contribution in [0.2, 0.25) is 5.02 Å². The van der Waals surface area contributed by atoms with Gasteiger partial charge < -0.3 is 10.2 Å². The highest BCUT2D eigenvalue weighted by Gasteiger charge is 2.30. The van der Waals surface area contributed by atoms with Gasteiger partial charge in [0.25, 0.3) is 0 Å². The summed E-state index contributed by atoms with van der Waals surface area (Å²) in [6, 6.07) is 6.89. The third-order valence-corrected chi connectivity index (χ3v) is 3.88. The first kappa shape index (κ1) is 15.6. The molecule has 0 spiro atoms. The van der Waals surface area contributed by atoms with E-state index in [2.05, 4.69) is 5.32 Å². The van der Waals surface area contributed by atoms with Crippen molar-refractivity contribution in [1.82, 2.24) is 10.2 Å². The summed E-state index contributed by atoms with van der Waals surface area (Å²) in [5.74, 6) is -0.221. The van der Waals surface area contributed by atoms with Crippen molar-refractivity contribution < 1.29 is 9.59 Å². The Hall–Kier alpha value is -1.81. The van der Waals surface area contributed by atoms with Crippen LogP contribution >= 0.6 is 11.6 Å². The first-order valence-electron chi connectivity index (χ1n) is 7.07. The van der Waals surface area contributed by atoms with Crippen LogP contribution in [0.3, 0.4) is 0 Å². The van der Waals surface area contributed by atoms with E-state index in [4.69, 9.17) is 11.6 Å². The molecule has 4 nitrogen and oxygen atoms in total. The number of likely N-dealkylation sites (N-methyl/N-ethyl adjacent to an activating group) is 1. The minimum atomic E-state index is -0.355. The fraction of sp³-hybridized carbons (Fsp3) is 0.375. The Morgan fingerprint density at radius 3 is 2.67 bits per heavy atom. The Morgan fingerprint density at radius 2 is 2.00 bits per heavy atom. The van der Waals surface area contributed by atoms with Crippen LogP contribution in [0.5, 0.6) is 0 Å². The number of hydrogen-bond donors (Lipinski definition) is 1. The quantitative estimate of drug-likeness (QED) is 0.872. The summed E-state index contributed by atoms with van der Waals surface area (Å²) < 4.78 is 0. The molecule has 1 aromatic rings. The number of hydrogen-bond acceptors (Lipinski definition) is 2. The zero-order valence-corrected chi connectivity index (χ0v) is 12.8. The topological polar surface area (TPSA) is 49.4 Å². The van der Waals surface area contributed by atoms with E-state index < -0.39 is 0 Å². The number of piperidine rings is 1. The molecular weight excluding hydrogens is 288 g/mol. The summed E-state index contributed by atoms with van der Waals surface area (Å²) in [4.78, 5) is 25.8. The smallest absolute Gasteiger partial charge is 0.247 e. The minimum Gasteiger partial charge on any atom is -0.357 e. The van der Waals surface area contributed by atoms with Crippen molar-refractivity contribution in [2.75, 3.05) is 13.6 Å². The van der Waals surface area contributed by atoms with Crippen molar-refractivity contribution in [3.8, 4) is 0 Å². The first-order valence-corrected chi connectivity index (χ1v) is 7.45. The van der Waals surface area contributed by atoms with E-state index in [0.29, 0.717) is 11.6 Å². The highest BCUT2D eigenvalue weighted by atomic mass is 35.5. The van der Waals surface area contributed by atoms with Crippen LogP contribution in [0, 0.1) is 0 Å². The van der Waals surface area contributed by atoms with Gasteiger partial charge in [-0.15, -0.1) is 0 Å². The van der Waals surface area contributed by atoms with E-state index in [1.165, 1.54) is 6.08 Å². The molecule has 0 bridgehead atoms. The summed E-state index contributed by atoms with van der Waals surface area (Å²) in [5.41, 5.74) is 0.904. The van der Waals surface area contributed by atoms with Gasteiger partial charge in [-0.2, -0.15) is 0 Å². The van der Waals surface area contributed by atoms with E-state index in [-0.39, 0.29) is 17.9 Å². The maximum atomic E-state index is 12.3. The number of likely N-dealkylation sites (tertiary alicyclic amines) is 1. The van der Waals surface area contributed by atoms with E-state index in [1.54, 1.807) is 30.2 Å². The van der Waals surface area contributed by atoms with Crippen molar-refractivity contribution in [3.63, 3.8) is 0 Å². The van der Waals surface area contributed by atoms with Gasteiger partial charge in [0.2, 0.25) is 11.8 Å².